The second-order valence-electron chi connectivity index (χ2n) is 7.36. The monoisotopic (exact) mass is 266 g/mol. The number of hydrogen-bond acceptors (Lipinski definition) is 2. The molecule has 0 bridgehead atoms. The van der Waals surface area contributed by atoms with E-state index in [0.29, 0.717) is 11.9 Å². The summed E-state index contributed by atoms with van der Waals surface area (Å²) in [5.41, 5.74) is 2.95. The Morgan fingerprint density at radius 1 is 1.25 bits per heavy atom. The number of amides is 1. The molecule has 1 spiro atoms. The lowest BCUT2D eigenvalue weighted by Gasteiger charge is -2.47. The van der Waals surface area contributed by atoms with Crippen molar-refractivity contribution in [3.63, 3.8) is 0 Å². The van der Waals surface area contributed by atoms with Gasteiger partial charge in [-0.15, -0.1) is 0 Å². The summed E-state index contributed by atoms with van der Waals surface area (Å²) < 4.78 is 0. The number of hydrogen-bond donors (Lipinski definition) is 1. The zero-order valence-corrected chi connectivity index (χ0v) is 11.4. The number of carbonyl (C=O) groups excluding carboxylic acids is 1. The van der Waals surface area contributed by atoms with E-state index >= 15 is 0 Å². The number of anilines is 1. The molecule has 2 aliphatic carbocycles. The molecule has 102 valence electrons. The van der Waals surface area contributed by atoms with Crippen LogP contribution < -0.4 is 5.32 Å². The summed E-state index contributed by atoms with van der Waals surface area (Å²) in [6.07, 6.45) is 5.01. The molecular weight excluding hydrogens is 248 g/mol. The Hall–Kier alpha value is -1.51. The molecule has 3 heterocycles. The van der Waals surface area contributed by atoms with E-state index < -0.39 is 0 Å². The van der Waals surface area contributed by atoms with Crippen LogP contribution in [0.4, 0.5) is 5.69 Å². The second kappa shape index (κ2) is 2.76. The predicted molar refractivity (Wildman–Crippen MR) is 75.4 cm³/mol. The number of benzene rings is 1. The first kappa shape index (κ1) is 10.3. The lowest BCUT2D eigenvalue weighted by atomic mass is 9.69. The van der Waals surface area contributed by atoms with E-state index in [1.54, 1.807) is 0 Å². The van der Waals surface area contributed by atoms with Crippen molar-refractivity contribution in [2.24, 2.45) is 11.8 Å². The Balaban J connectivity index is 1.65. The van der Waals surface area contributed by atoms with Gasteiger partial charge in [0.05, 0.1) is 16.9 Å². The number of piperidine rings is 2. The number of nitrogens with one attached hydrogen (secondary N) is 1. The van der Waals surface area contributed by atoms with Crippen molar-refractivity contribution in [1.82, 2.24) is 4.90 Å². The summed E-state index contributed by atoms with van der Waals surface area (Å²) in [6.45, 7) is 0.997. The Morgan fingerprint density at radius 3 is 3.10 bits per heavy atom. The zero-order valence-electron chi connectivity index (χ0n) is 11.4. The highest BCUT2D eigenvalue weighted by Gasteiger charge is 2.91. The average molecular weight is 266 g/mol. The highest BCUT2D eigenvalue weighted by Crippen LogP contribution is 2.80. The van der Waals surface area contributed by atoms with Crippen LogP contribution in [0.5, 0.6) is 0 Å². The van der Waals surface area contributed by atoms with Crippen LogP contribution in [-0.4, -0.2) is 28.9 Å². The van der Waals surface area contributed by atoms with Crippen LogP contribution in [0.1, 0.15) is 31.2 Å². The van der Waals surface area contributed by atoms with Gasteiger partial charge >= 0.3 is 0 Å². The van der Waals surface area contributed by atoms with Crippen molar-refractivity contribution < 1.29 is 4.79 Å². The highest BCUT2D eigenvalue weighted by molar-refractivity contribution is 5.98. The summed E-state index contributed by atoms with van der Waals surface area (Å²) >= 11 is 0. The summed E-state index contributed by atoms with van der Waals surface area (Å²) in [7, 11) is 0. The second-order valence-corrected chi connectivity index (χ2v) is 7.36. The van der Waals surface area contributed by atoms with Crippen LogP contribution in [-0.2, 0) is 10.2 Å². The van der Waals surface area contributed by atoms with Crippen molar-refractivity contribution in [3.8, 4) is 0 Å². The molecule has 1 aromatic rings. The standard InChI is InChI=1S/C17H18N2O/c20-15-13-16-8-7-10-4-3-9-19(15)14(10)17(13,16)11-5-1-2-6-12(11)18-16/h1-2,5-6,10,13-14,18H,3-4,7-9H2/t10-,13?,14+,16+,17-/m1/s1. The predicted octanol–water partition coefficient (Wildman–Crippen LogP) is 2.13. The Kier molecular flexibility index (Phi) is 1.42. The number of para-hydroxylation sites is 1. The summed E-state index contributed by atoms with van der Waals surface area (Å²) in [5, 5.41) is 3.78. The lowest BCUT2D eigenvalue weighted by molar-refractivity contribution is -0.136. The van der Waals surface area contributed by atoms with E-state index in [4.69, 9.17) is 0 Å². The molecule has 4 fully saturated rings. The molecule has 0 aromatic heterocycles. The van der Waals surface area contributed by atoms with Crippen LogP contribution >= 0.6 is 0 Å². The highest BCUT2D eigenvalue weighted by atomic mass is 16.2. The molecule has 1 unspecified atom stereocenters. The minimum Gasteiger partial charge on any atom is -0.378 e. The quantitative estimate of drug-likeness (QED) is 0.780. The fourth-order valence-corrected chi connectivity index (χ4v) is 6.56. The van der Waals surface area contributed by atoms with Crippen molar-refractivity contribution in [1.29, 1.82) is 0 Å². The van der Waals surface area contributed by atoms with Crippen LogP contribution in [0.15, 0.2) is 24.3 Å². The maximum Gasteiger partial charge on any atom is 0.229 e. The minimum absolute atomic E-state index is 0.0861. The molecule has 1 amide bonds. The van der Waals surface area contributed by atoms with Crippen molar-refractivity contribution >= 4 is 11.6 Å². The van der Waals surface area contributed by atoms with Crippen molar-refractivity contribution in [3.05, 3.63) is 29.8 Å². The minimum atomic E-state index is 0.0861. The number of carbonyl (C=O) groups is 1. The van der Waals surface area contributed by atoms with Gasteiger partial charge in [-0.25, -0.2) is 0 Å². The first-order valence-electron chi connectivity index (χ1n) is 7.99. The normalized spacial score (nSPS) is 49.3. The van der Waals surface area contributed by atoms with Crippen LogP contribution in [0.25, 0.3) is 0 Å². The average Bonchev–Trinajstić information content (AvgIpc) is 2.82. The Morgan fingerprint density at radius 2 is 2.15 bits per heavy atom. The van der Waals surface area contributed by atoms with Gasteiger partial charge < -0.3 is 10.2 Å². The molecule has 3 aliphatic heterocycles. The number of rotatable bonds is 0. The van der Waals surface area contributed by atoms with Crippen LogP contribution in [0.3, 0.4) is 0 Å². The fraction of sp³-hybridized carbons (Fsp3) is 0.588. The van der Waals surface area contributed by atoms with E-state index in [2.05, 4.69) is 34.5 Å². The largest absolute Gasteiger partial charge is 0.378 e. The molecule has 20 heavy (non-hydrogen) atoms. The lowest BCUT2D eigenvalue weighted by Crippen LogP contribution is -2.57. The molecule has 2 saturated carbocycles. The van der Waals surface area contributed by atoms with E-state index in [1.807, 2.05) is 0 Å². The van der Waals surface area contributed by atoms with Crippen LogP contribution in [0.2, 0.25) is 0 Å². The summed E-state index contributed by atoms with van der Waals surface area (Å²) in [4.78, 5) is 15.1. The van der Waals surface area contributed by atoms with Crippen LogP contribution in [0, 0.1) is 11.8 Å². The topological polar surface area (TPSA) is 32.3 Å². The molecule has 5 aliphatic rings. The molecular formula is C17H18N2O. The maximum atomic E-state index is 12.9. The maximum absolute atomic E-state index is 12.9. The molecule has 3 nitrogen and oxygen atoms in total. The summed E-state index contributed by atoms with van der Waals surface area (Å²) in [5.74, 6) is 1.42. The van der Waals surface area contributed by atoms with Gasteiger partial charge in [-0.1, -0.05) is 18.2 Å². The summed E-state index contributed by atoms with van der Waals surface area (Å²) in [6, 6.07) is 9.22. The van der Waals surface area contributed by atoms with Gasteiger partial charge in [0.15, 0.2) is 0 Å². The van der Waals surface area contributed by atoms with Crippen molar-refractivity contribution in [2.45, 2.75) is 42.7 Å². The SMILES string of the molecule is O=C1C2[C@@]34CC[C@H]5CCCN1[C@@H]5[C@@]23c1ccccc1N4. The molecule has 6 rings (SSSR count). The molecule has 3 heteroatoms. The van der Waals surface area contributed by atoms with Gasteiger partial charge in [-0.05, 0) is 43.2 Å². The third-order valence-electron chi connectivity index (χ3n) is 7.00. The molecule has 2 saturated heterocycles. The van der Waals surface area contributed by atoms with E-state index in [1.165, 1.54) is 36.9 Å². The molecule has 1 N–H and O–H groups in total. The van der Waals surface area contributed by atoms with Gasteiger partial charge in [-0.2, -0.15) is 0 Å². The van der Waals surface area contributed by atoms with Gasteiger partial charge in [0, 0.05) is 18.3 Å². The number of nitrogens with zero attached hydrogens (tertiary/aromatic N) is 1. The van der Waals surface area contributed by atoms with Gasteiger partial charge in [0.25, 0.3) is 0 Å². The van der Waals surface area contributed by atoms with E-state index in [0.717, 1.165) is 12.5 Å². The van der Waals surface area contributed by atoms with Gasteiger partial charge in [0.1, 0.15) is 0 Å². The molecule has 1 aromatic carbocycles. The van der Waals surface area contributed by atoms with E-state index in [-0.39, 0.29) is 16.9 Å². The third-order valence-corrected chi connectivity index (χ3v) is 7.00. The first-order chi connectivity index (χ1) is 9.81. The Bertz CT molecular complexity index is 671. The molecule has 5 atom stereocenters. The zero-order chi connectivity index (χ0) is 13.1. The van der Waals surface area contributed by atoms with Gasteiger partial charge in [0.2, 0.25) is 5.91 Å². The Labute approximate surface area is 118 Å². The smallest absolute Gasteiger partial charge is 0.229 e. The number of fused-ring (bicyclic) bond motifs is 1. The first-order valence-corrected chi connectivity index (χ1v) is 7.99. The van der Waals surface area contributed by atoms with Crippen molar-refractivity contribution in [2.75, 3.05) is 11.9 Å². The van der Waals surface area contributed by atoms with Gasteiger partial charge in [-0.3, -0.25) is 4.79 Å². The third kappa shape index (κ3) is 0.733. The van der Waals surface area contributed by atoms with E-state index in [9.17, 15) is 4.79 Å². The fourth-order valence-electron chi connectivity index (χ4n) is 6.56. The molecule has 0 radical (unpaired) electrons.